The molecule has 0 atom stereocenters. The van der Waals surface area contributed by atoms with Crippen LogP contribution in [0.25, 0.3) is 0 Å². The zero-order valence-electron chi connectivity index (χ0n) is 5.76. The summed E-state index contributed by atoms with van der Waals surface area (Å²) in [5, 5.41) is 8.17. The van der Waals surface area contributed by atoms with Gasteiger partial charge in [0.25, 0.3) is 0 Å². The van der Waals surface area contributed by atoms with Crippen LogP contribution in [0.2, 0.25) is 0 Å². The minimum Gasteiger partial charge on any atom is -0.464 e. The molecule has 0 saturated carbocycles. The Morgan fingerprint density at radius 3 is 2.56 bits per heavy atom. The van der Waals surface area contributed by atoms with Crippen molar-refractivity contribution in [3.63, 3.8) is 0 Å². The lowest BCUT2D eigenvalue weighted by molar-refractivity contribution is -0.147. The van der Waals surface area contributed by atoms with Crippen LogP contribution in [-0.4, -0.2) is 24.3 Å². The van der Waals surface area contributed by atoms with Crippen LogP contribution in [0.15, 0.2) is 0 Å². The van der Waals surface area contributed by atoms with E-state index in [0.717, 1.165) is 0 Å². The maximum atomic E-state index is 10.2. The fourth-order valence-corrected chi connectivity index (χ4v) is 0.305. The molecule has 0 radical (unpaired) electrons. The van der Waals surface area contributed by atoms with Crippen molar-refractivity contribution >= 4 is 5.97 Å². The first-order valence-corrected chi connectivity index (χ1v) is 2.93. The summed E-state index contributed by atoms with van der Waals surface area (Å²) in [5.41, 5.74) is 0. The quantitative estimate of drug-likeness (QED) is 0.557. The second-order valence-corrected chi connectivity index (χ2v) is 2.23. The smallest absolute Gasteiger partial charge is 0.331 e. The highest BCUT2D eigenvalue weighted by molar-refractivity contribution is 5.70. The third-order valence-electron chi connectivity index (χ3n) is 0.707. The number of carbonyl (C=O) groups excluding carboxylic acids is 1. The molecule has 0 spiro atoms. The molecule has 0 amide bonds. The molecule has 0 aromatic carbocycles. The van der Waals surface area contributed by atoms with Crippen molar-refractivity contribution in [2.24, 2.45) is 5.92 Å². The summed E-state index contributed by atoms with van der Waals surface area (Å²) in [4.78, 5) is 10.2. The summed E-state index contributed by atoms with van der Waals surface area (Å²) >= 11 is 0. The van der Waals surface area contributed by atoms with E-state index in [2.05, 4.69) is 4.74 Å². The average molecular weight is 132 g/mol. The van der Waals surface area contributed by atoms with Gasteiger partial charge in [-0.1, -0.05) is 13.8 Å². The molecule has 0 aliphatic heterocycles. The van der Waals surface area contributed by atoms with Crippen LogP contribution in [-0.2, 0) is 9.53 Å². The van der Waals surface area contributed by atoms with E-state index < -0.39 is 12.6 Å². The fourth-order valence-electron chi connectivity index (χ4n) is 0.305. The van der Waals surface area contributed by atoms with Crippen LogP contribution in [0.4, 0.5) is 0 Å². The van der Waals surface area contributed by atoms with E-state index in [4.69, 9.17) is 5.11 Å². The van der Waals surface area contributed by atoms with Crippen molar-refractivity contribution in [1.29, 1.82) is 0 Å². The third kappa shape index (κ3) is 5.30. The van der Waals surface area contributed by atoms with Gasteiger partial charge >= 0.3 is 5.97 Å². The van der Waals surface area contributed by atoms with Gasteiger partial charge in [0.2, 0.25) is 0 Å². The second kappa shape index (κ2) is 4.32. The first-order valence-electron chi connectivity index (χ1n) is 2.93. The summed E-state index contributed by atoms with van der Waals surface area (Å²) in [6.45, 7) is 3.74. The van der Waals surface area contributed by atoms with Gasteiger partial charge in [-0.05, 0) is 5.92 Å². The summed E-state index contributed by atoms with van der Waals surface area (Å²) in [7, 11) is 0. The molecule has 0 aliphatic rings. The lowest BCUT2D eigenvalue weighted by Gasteiger charge is -2.03. The van der Waals surface area contributed by atoms with Gasteiger partial charge in [-0.2, -0.15) is 0 Å². The molecular formula is C6H12O3. The predicted molar refractivity (Wildman–Crippen MR) is 32.9 cm³/mol. The maximum Gasteiger partial charge on any atom is 0.331 e. The van der Waals surface area contributed by atoms with E-state index in [1.165, 1.54) is 0 Å². The van der Waals surface area contributed by atoms with Gasteiger partial charge < -0.3 is 9.84 Å². The Bertz CT molecular complexity index is 88.3. The van der Waals surface area contributed by atoms with Crippen LogP contribution in [0.5, 0.6) is 0 Å². The highest BCUT2D eigenvalue weighted by atomic mass is 16.5. The van der Waals surface area contributed by atoms with Gasteiger partial charge in [0, 0.05) is 0 Å². The van der Waals surface area contributed by atoms with Crippen molar-refractivity contribution in [3.8, 4) is 0 Å². The molecule has 0 bridgehead atoms. The van der Waals surface area contributed by atoms with E-state index in [1.807, 2.05) is 13.8 Å². The molecular weight excluding hydrogens is 120 g/mol. The number of esters is 1. The van der Waals surface area contributed by atoms with Crippen LogP contribution < -0.4 is 0 Å². The van der Waals surface area contributed by atoms with Crippen molar-refractivity contribution in [3.05, 3.63) is 0 Å². The Labute approximate surface area is 54.6 Å². The van der Waals surface area contributed by atoms with Crippen molar-refractivity contribution < 1.29 is 14.6 Å². The topological polar surface area (TPSA) is 46.5 Å². The Balaban J connectivity index is 3.17. The van der Waals surface area contributed by atoms with Crippen LogP contribution in [0.3, 0.4) is 0 Å². The van der Waals surface area contributed by atoms with Gasteiger partial charge in [0.1, 0.15) is 6.61 Å². The van der Waals surface area contributed by atoms with Gasteiger partial charge in [-0.3, -0.25) is 0 Å². The summed E-state index contributed by atoms with van der Waals surface area (Å²) < 4.78 is 4.56. The van der Waals surface area contributed by atoms with E-state index in [0.29, 0.717) is 12.5 Å². The standard InChI is InChI=1S/C6H12O3/c1-5(2)4-9-6(8)3-7/h5,7H,3-4H2,1-2H3. The van der Waals surface area contributed by atoms with E-state index in [9.17, 15) is 4.79 Å². The lowest BCUT2D eigenvalue weighted by atomic mass is 10.2. The van der Waals surface area contributed by atoms with Crippen LogP contribution in [0, 0.1) is 5.92 Å². The summed E-state index contributed by atoms with van der Waals surface area (Å²) in [5.74, 6) is -0.218. The Hall–Kier alpha value is -0.570. The molecule has 1 N–H and O–H groups in total. The molecule has 0 rings (SSSR count). The highest BCUT2D eigenvalue weighted by Crippen LogP contribution is 1.91. The molecule has 3 nitrogen and oxygen atoms in total. The number of hydrogen-bond donors (Lipinski definition) is 1. The minimum atomic E-state index is -0.552. The van der Waals surface area contributed by atoms with E-state index in [-0.39, 0.29) is 0 Å². The average Bonchev–Trinajstić information content (AvgIpc) is 1.83. The van der Waals surface area contributed by atoms with Crippen molar-refractivity contribution in [1.82, 2.24) is 0 Å². The number of carbonyl (C=O) groups is 1. The monoisotopic (exact) mass is 132 g/mol. The molecule has 0 unspecified atom stereocenters. The largest absolute Gasteiger partial charge is 0.464 e. The second-order valence-electron chi connectivity index (χ2n) is 2.23. The molecule has 0 fully saturated rings. The molecule has 0 aromatic rings. The molecule has 0 aromatic heterocycles. The van der Waals surface area contributed by atoms with Gasteiger partial charge in [0.05, 0.1) is 6.61 Å². The Kier molecular flexibility index (Phi) is 4.05. The van der Waals surface area contributed by atoms with E-state index in [1.54, 1.807) is 0 Å². The summed E-state index contributed by atoms with van der Waals surface area (Å²) in [6, 6.07) is 0. The fraction of sp³-hybridized carbons (Fsp3) is 0.833. The van der Waals surface area contributed by atoms with Gasteiger partial charge in [0.15, 0.2) is 0 Å². The zero-order chi connectivity index (χ0) is 7.28. The normalized spacial score (nSPS) is 9.78. The molecule has 0 heterocycles. The third-order valence-corrected chi connectivity index (χ3v) is 0.707. The summed E-state index contributed by atoms with van der Waals surface area (Å²) in [6.07, 6.45) is 0. The van der Waals surface area contributed by atoms with Crippen LogP contribution in [0.1, 0.15) is 13.8 Å². The van der Waals surface area contributed by atoms with Gasteiger partial charge in [-0.15, -0.1) is 0 Å². The van der Waals surface area contributed by atoms with Crippen molar-refractivity contribution in [2.75, 3.05) is 13.2 Å². The Morgan fingerprint density at radius 2 is 2.22 bits per heavy atom. The first kappa shape index (κ1) is 8.43. The maximum absolute atomic E-state index is 10.2. The number of rotatable bonds is 3. The Morgan fingerprint density at radius 1 is 1.67 bits per heavy atom. The molecule has 54 valence electrons. The van der Waals surface area contributed by atoms with Crippen molar-refractivity contribution in [2.45, 2.75) is 13.8 Å². The zero-order valence-corrected chi connectivity index (χ0v) is 5.76. The predicted octanol–water partition coefficient (Wildman–Crippen LogP) is 0.178. The van der Waals surface area contributed by atoms with Crippen LogP contribution >= 0.6 is 0 Å². The highest BCUT2D eigenvalue weighted by Gasteiger charge is 1.99. The molecule has 3 heteroatoms. The van der Waals surface area contributed by atoms with E-state index >= 15 is 0 Å². The number of hydrogen-bond acceptors (Lipinski definition) is 3. The molecule has 9 heavy (non-hydrogen) atoms. The number of aliphatic hydroxyl groups is 1. The molecule has 0 aliphatic carbocycles. The lowest BCUT2D eigenvalue weighted by Crippen LogP contribution is -2.12. The first-order chi connectivity index (χ1) is 4.16. The SMILES string of the molecule is CC(C)COC(=O)CO. The molecule has 0 saturated heterocycles. The number of aliphatic hydroxyl groups excluding tert-OH is 1. The van der Waals surface area contributed by atoms with Gasteiger partial charge in [-0.25, -0.2) is 4.79 Å². The number of ether oxygens (including phenoxy) is 1. The minimum absolute atomic E-state index is 0.334.